The van der Waals surface area contributed by atoms with Gasteiger partial charge >= 0.3 is 0 Å². The number of hydrogen-bond donors (Lipinski definition) is 2. The summed E-state index contributed by atoms with van der Waals surface area (Å²) in [6.45, 7) is 0.527. The summed E-state index contributed by atoms with van der Waals surface area (Å²) in [5.41, 5.74) is 1.08. The minimum absolute atomic E-state index is 0.198. The Morgan fingerprint density at radius 3 is 2.43 bits per heavy atom. The summed E-state index contributed by atoms with van der Waals surface area (Å²) < 4.78 is 16.2. The van der Waals surface area contributed by atoms with Crippen LogP contribution in [0.2, 0.25) is 5.02 Å². The maximum absolute atomic E-state index is 12.5. The molecule has 8 heteroatoms. The van der Waals surface area contributed by atoms with Crippen molar-refractivity contribution >= 4 is 40.2 Å². The molecular formula is C20H21ClN2O4S. The van der Waals surface area contributed by atoms with E-state index < -0.39 is 0 Å². The van der Waals surface area contributed by atoms with Crippen LogP contribution in [0.5, 0.6) is 17.2 Å². The summed E-state index contributed by atoms with van der Waals surface area (Å²) in [5.74, 6) is 2.20. The maximum Gasteiger partial charge on any atom is 0.267 e. The molecule has 2 aromatic carbocycles. The van der Waals surface area contributed by atoms with Crippen molar-refractivity contribution < 1.29 is 19.0 Å². The number of H-pyrrole nitrogens is 1. The summed E-state index contributed by atoms with van der Waals surface area (Å²) in [6.07, 6.45) is 0. The van der Waals surface area contributed by atoms with Gasteiger partial charge < -0.3 is 24.5 Å². The first-order valence-corrected chi connectivity index (χ1v) is 9.92. The van der Waals surface area contributed by atoms with E-state index >= 15 is 0 Å². The number of ether oxygens (including phenoxy) is 3. The van der Waals surface area contributed by atoms with Crippen molar-refractivity contribution in [3.05, 3.63) is 47.1 Å². The predicted molar refractivity (Wildman–Crippen MR) is 112 cm³/mol. The van der Waals surface area contributed by atoms with Crippen molar-refractivity contribution in [3.63, 3.8) is 0 Å². The number of carbonyl (C=O) groups excluding carboxylic acids is 1. The first-order chi connectivity index (χ1) is 13.6. The van der Waals surface area contributed by atoms with E-state index in [0.717, 1.165) is 16.0 Å². The zero-order chi connectivity index (χ0) is 20.1. The molecule has 2 N–H and O–H groups in total. The Hall–Kier alpha value is -2.51. The van der Waals surface area contributed by atoms with Crippen molar-refractivity contribution in [1.29, 1.82) is 0 Å². The number of fused-ring (bicyclic) bond motifs is 1. The molecular weight excluding hydrogens is 400 g/mol. The molecule has 0 atom stereocenters. The van der Waals surface area contributed by atoms with E-state index in [4.69, 9.17) is 25.8 Å². The van der Waals surface area contributed by atoms with Gasteiger partial charge in [0.25, 0.3) is 5.91 Å². The molecule has 1 heterocycles. The minimum atomic E-state index is -0.198. The third-order valence-corrected chi connectivity index (χ3v) is 5.42. The first-order valence-electron chi connectivity index (χ1n) is 8.55. The Morgan fingerprint density at radius 1 is 1.07 bits per heavy atom. The average Bonchev–Trinajstić information content (AvgIpc) is 3.16. The van der Waals surface area contributed by atoms with Gasteiger partial charge in [0, 0.05) is 33.7 Å². The van der Waals surface area contributed by atoms with E-state index in [2.05, 4.69) is 10.3 Å². The van der Waals surface area contributed by atoms with Crippen molar-refractivity contribution in [1.82, 2.24) is 10.3 Å². The molecule has 0 radical (unpaired) electrons. The molecule has 1 aromatic heterocycles. The Balaban J connectivity index is 1.70. The fourth-order valence-electron chi connectivity index (χ4n) is 2.82. The fourth-order valence-corrected chi connectivity index (χ4v) is 3.71. The van der Waals surface area contributed by atoms with E-state index in [-0.39, 0.29) is 5.91 Å². The fraction of sp³-hybridized carbons (Fsp3) is 0.250. The zero-order valence-electron chi connectivity index (χ0n) is 15.8. The van der Waals surface area contributed by atoms with Gasteiger partial charge in [-0.1, -0.05) is 11.6 Å². The predicted octanol–water partition coefficient (Wildman–Crippen LogP) is 4.37. The summed E-state index contributed by atoms with van der Waals surface area (Å²) in [5, 5.41) is 4.37. The van der Waals surface area contributed by atoms with Crippen molar-refractivity contribution in [2.45, 2.75) is 4.90 Å². The number of amides is 1. The summed E-state index contributed by atoms with van der Waals surface area (Å²) >= 11 is 7.53. The lowest BCUT2D eigenvalue weighted by atomic mass is 10.2. The molecule has 0 spiro atoms. The monoisotopic (exact) mass is 420 g/mol. The van der Waals surface area contributed by atoms with Gasteiger partial charge in [0.05, 0.1) is 26.8 Å². The second-order valence-electron chi connectivity index (χ2n) is 5.84. The van der Waals surface area contributed by atoms with E-state index in [9.17, 15) is 4.79 Å². The van der Waals surface area contributed by atoms with Crippen LogP contribution in [-0.4, -0.2) is 44.5 Å². The number of carbonyl (C=O) groups is 1. The second-order valence-corrected chi connectivity index (χ2v) is 7.45. The molecule has 1 amide bonds. The molecule has 3 rings (SSSR count). The summed E-state index contributed by atoms with van der Waals surface area (Å²) in [4.78, 5) is 16.8. The largest absolute Gasteiger partial charge is 0.496 e. The standard InChI is InChI=1S/C20H21ClN2O4S/c1-25-16-11-17(26-2)19(27-3)18-14(16)10-15(23-18)20(24)22-8-9-28-13-6-4-12(21)5-7-13/h4-7,10-11,23H,8-9H2,1-3H3,(H,22,24). The van der Waals surface area contributed by atoms with Gasteiger partial charge in [-0.05, 0) is 30.3 Å². The molecule has 6 nitrogen and oxygen atoms in total. The summed E-state index contributed by atoms with van der Waals surface area (Å²) in [7, 11) is 4.68. The van der Waals surface area contributed by atoms with Gasteiger partial charge in [0.2, 0.25) is 0 Å². The number of halogens is 1. The van der Waals surface area contributed by atoms with Gasteiger partial charge in [-0.2, -0.15) is 0 Å². The number of aromatic amines is 1. The lowest BCUT2D eigenvalue weighted by Crippen LogP contribution is -2.25. The first kappa shape index (κ1) is 20.2. The maximum atomic E-state index is 12.5. The molecule has 0 fully saturated rings. The van der Waals surface area contributed by atoms with Gasteiger partial charge in [-0.15, -0.1) is 11.8 Å². The summed E-state index contributed by atoms with van der Waals surface area (Å²) in [6, 6.07) is 11.1. The molecule has 0 aliphatic carbocycles. The van der Waals surface area contributed by atoms with Crippen LogP contribution in [0.4, 0.5) is 0 Å². The van der Waals surface area contributed by atoms with Crippen LogP contribution < -0.4 is 19.5 Å². The molecule has 0 bridgehead atoms. The molecule has 3 aromatic rings. The number of thioether (sulfide) groups is 1. The number of methoxy groups -OCH3 is 3. The SMILES string of the molecule is COc1cc(OC)c2cc(C(=O)NCCSc3ccc(Cl)cc3)[nH]c2c1OC. The van der Waals surface area contributed by atoms with Crippen LogP contribution in [0, 0.1) is 0 Å². The Morgan fingerprint density at radius 2 is 1.79 bits per heavy atom. The van der Waals surface area contributed by atoms with Crippen LogP contribution in [-0.2, 0) is 0 Å². The highest BCUT2D eigenvalue weighted by atomic mass is 35.5. The smallest absolute Gasteiger partial charge is 0.267 e. The van der Waals surface area contributed by atoms with Gasteiger partial charge in [-0.25, -0.2) is 0 Å². The number of nitrogens with one attached hydrogen (secondary N) is 2. The van der Waals surface area contributed by atoms with Gasteiger partial charge in [-0.3, -0.25) is 4.79 Å². The van der Waals surface area contributed by atoms with Crippen LogP contribution >= 0.6 is 23.4 Å². The third-order valence-electron chi connectivity index (χ3n) is 4.15. The number of aromatic nitrogens is 1. The minimum Gasteiger partial charge on any atom is -0.496 e. The lowest BCUT2D eigenvalue weighted by Gasteiger charge is -2.11. The van der Waals surface area contributed by atoms with Crippen molar-refractivity contribution in [2.75, 3.05) is 33.6 Å². The molecule has 0 saturated carbocycles. The Kier molecular flexibility index (Phi) is 6.59. The Labute approximate surface area is 172 Å². The van der Waals surface area contributed by atoms with E-state index in [1.165, 1.54) is 0 Å². The zero-order valence-corrected chi connectivity index (χ0v) is 17.4. The molecule has 0 aliphatic heterocycles. The third kappa shape index (κ3) is 4.31. The van der Waals surface area contributed by atoms with Gasteiger partial charge in [0.15, 0.2) is 11.5 Å². The molecule has 0 aliphatic rings. The topological polar surface area (TPSA) is 72.6 Å². The molecule has 0 saturated heterocycles. The van der Waals surface area contributed by atoms with Gasteiger partial charge in [0.1, 0.15) is 11.4 Å². The van der Waals surface area contributed by atoms with Crippen LogP contribution in [0.25, 0.3) is 10.9 Å². The van der Waals surface area contributed by atoms with Crippen LogP contribution in [0.1, 0.15) is 10.5 Å². The van der Waals surface area contributed by atoms with Crippen LogP contribution in [0.3, 0.4) is 0 Å². The highest BCUT2D eigenvalue weighted by Gasteiger charge is 2.19. The molecule has 148 valence electrons. The molecule has 0 unspecified atom stereocenters. The van der Waals surface area contributed by atoms with E-state index in [1.807, 2.05) is 24.3 Å². The number of hydrogen-bond acceptors (Lipinski definition) is 5. The number of rotatable bonds is 8. The number of benzene rings is 2. The second kappa shape index (κ2) is 9.12. The highest BCUT2D eigenvalue weighted by molar-refractivity contribution is 7.99. The average molecular weight is 421 g/mol. The highest BCUT2D eigenvalue weighted by Crippen LogP contribution is 2.41. The van der Waals surface area contributed by atoms with Crippen molar-refractivity contribution in [2.24, 2.45) is 0 Å². The Bertz CT molecular complexity index is 972. The van der Waals surface area contributed by atoms with Crippen LogP contribution in [0.15, 0.2) is 41.3 Å². The van der Waals surface area contributed by atoms with Crippen molar-refractivity contribution in [3.8, 4) is 17.2 Å². The van der Waals surface area contributed by atoms with E-state index in [0.29, 0.717) is 40.0 Å². The molecule has 28 heavy (non-hydrogen) atoms. The lowest BCUT2D eigenvalue weighted by molar-refractivity contribution is 0.0952. The van der Waals surface area contributed by atoms with E-state index in [1.54, 1.807) is 45.2 Å². The normalized spacial score (nSPS) is 10.7. The quantitative estimate of drug-likeness (QED) is 0.418.